The first-order valence-electron chi connectivity index (χ1n) is 6.51. The molecule has 0 fully saturated rings. The minimum atomic E-state index is -0.682. The van der Waals surface area contributed by atoms with Crippen molar-refractivity contribution in [2.24, 2.45) is 0 Å². The molecule has 21 heavy (non-hydrogen) atoms. The van der Waals surface area contributed by atoms with Crippen LogP contribution in [0, 0.1) is 0 Å². The summed E-state index contributed by atoms with van der Waals surface area (Å²) in [5, 5.41) is 10.1. The van der Waals surface area contributed by atoms with Crippen molar-refractivity contribution in [3.8, 4) is 5.75 Å². The Bertz CT molecular complexity index is 729. The lowest BCUT2D eigenvalue weighted by Gasteiger charge is -2.13. The van der Waals surface area contributed by atoms with E-state index in [2.05, 4.69) is 15.0 Å². The molecule has 0 radical (unpaired) electrons. The number of aromatic nitrogens is 4. The summed E-state index contributed by atoms with van der Waals surface area (Å²) in [5.41, 5.74) is 6.86. The fourth-order valence-corrected chi connectivity index (χ4v) is 2.02. The lowest BCUT2D eigenvalue weighted by molar-refractivity contribution is 0.0933. The summed E-state index contributed by atoms with van der Waals surface area (Å²) in [6.07, 6.45) is 2.28. The van der Waals surface area contributed by atoms with E-state index in [9.17, 15) is 5.11 Å². The SMILES string of the molecule is Nc1ncnc2c1ncn2CC(O)COc1ccccc1. The van der Waals surface area contributed by atoms with Gasteiger partial charge in [0, 0.05) is 0 Å². The molecular weight excluding hydrogens is 270 g/mol. The van der Waals surface area contributed by atoms with Crippen LogP contribution in [0.2, 0.25) is 0 Å². The number of imidazole rings is 1. The minimum absolute atomic E-state index is 0.185. The van der Waals surface area contributed by atoms with Gasteiger partial charge in [-0.3, -0.25) is 0 Å². The monoisotopic (exact) mass is 285 g/mol. The number of aliphatic hydroxyl groups is 1. The average molecular weight is 285 g/mol. The van der Waals surface area contributed by atoms with Crippen LogP contribution in [0.15, 0.2) is 43.0 Å². The van der Waals surface area contributed by atoms with E-state index in [-0.39, 0.29) is 6.61 Å². The summed E-state index contributed by atoms with van der Waals surface area (Å²) in [6, 6.07) is 9.35. The second-order valence-electron chi connectivity index (χ2n) is 4.61. The van der Waals surface area contributed by atoms with Crippen LogP contribution in [-0.4, -0.2) is 37.3 Å². The largest absolute Gasteiger partial charge is 0.491 e. The molecule has 2 aromatic heterocycles. The molecule has 3 aromatic rings. The molecule has 3 N–H and O–H groups in total. The van der Waals surface area contributed by atoms with Gasteiger partial charge in [0.2, 0.25) is 0 Å². The number of benzene rings is 1. The molecular formula is C14H15N5O2. The Hall–Kier alpha value is -2.67. The number of nitrogen functional groups attached to an aromatic ring is 1. The van der Waals surface area contributed by atoms with E-state index in [1.54, 1.807) is 10.9 Å². The van der Waals surface area contributed by atoms with Crippen molar-refractivity contribution in [2.75, 3.05) is 12.3 Å². The first kappa shape index (κ1) is 13.3. The average Bonchev–Trinajstić information content (AvgIpc) is 2.91. The Morgan fingerprint density at radius 3 is 2.81 bits per heavy atom. The van der Waals surface area contributed by atoms with Gasteiger partial charge in [-0.25, -0.2) is 15.0 Å². The fourth-order valence-electron chi connectivity index (χ4n) is 2.02. The van der Waals surface area contributed by atoms with Crippen LogP contribution in [0.3, 0.4) is 0 Å². The Labute approximate surface area is 121 Å². The molecule has 2 heterocycles. The highest BCUT2D eigenvalue weighted by molar-refractivity contribution is 5.81. The highest BCUT2D eigenvalue weighted by Crippen LogP contribution is 2.15. The van der Waals surface area contributed by atoms with Crippen molar-refractivity contribution in [1.82, 2.24) is 19.5 Å². The molecule has 1 aromatic carbocycles. The van der Waals surface area contributed by atoms with Gasteiger partial charge in [-0.1, -0.05) is 18.2 Å². The Kier molecular flexibility index (Phi) is 3.65. The third kappa shape index (κ3) is 2.92. The summed E-state index contributed by atoms with van der Waals surface area (Å²) in [5.74, 6) is 1.05. The van der Waals surface area contributed by atoms with Gasteiger partial charge in [0.25, 0.3) is 0 Å². The summed E-state index contributed by atoms with van der Waals surface area (Å²) >= 11 is 0. The maximum Gasteiger partial charge on any atom is 0.165 e. The number of aliphatic hydroxyl groups excluding tert-OH is 1. The van der Waals surface area contributed by atoms with Crippen LogP contribution in [0.1, 0.15) is 0 Å². The Morgan fingerprint density at radius 1 is 1.19 bits per heavy atom. The van der Waals surface area contributed by atoms with Gasteiger partial charge in [-0.15, -0.1) is 0 Å². The van der Waals surface area contributed by atoms with Gasteiger partial charge in [0.1, 0.15) is 30.3 Å². The van der Waals surface area contributed by atoms with Crippen LogP contribution in [0.25, 0.3) is 11.2 Å². The molecule has 0 aliphatic heterocycles. The molecule has 0 aliphatic carbocycles. The van der Waals surface area contributed by atoms with Crippen molar-refractivity contribution in [2.45, 2.75) is 12.6 Å². The van der Waals surface area contributed by atoms with Gasteiger partial charge in [0.05, 0.1) is 12.9 Å². The van der Waals surface area contributed by atoms with Crippen molar-refractivity contribution in [3.63, 3.8) is 0 Å². The summed E-state index contributed by atoms with van der Waals surface area (Å²) in [4.78, 5) is 12.2. The number of fused-ring (bicyclic) bond motifs is 1. The first-order valence-corrected chi connectivity index (χ1v) is 6.51. The third-order valence-electron chi connectivity index (χ3n) is 3.02. The van der Waals surface area contributed by atoms with E-state index in [0.29, 0.717) is 23.5 Å². The number of nitrogens with two attached hydrogens (primary N) is 1. The zero-order valence-electron chi connectivity index (χ0n) is 11.3. The lowest BCUT2D eigenvalue weighted by Crippen LogP contribution is -2.23. The first-order chi connectivity index (χ1) is 10.2. The normalized spacial score (nSPS) is 12.4. The third-order valence-corrected chi connectivity index (χ3v) is 3.02. The van der Waals surface area contributed by atoms with Crippen molar-refractivity contribution >= 4 is 17.0 Å². The number of hydrogen-bond acceptors (Lipinski definition) is 6. The molecule has 0 bridgehead atoms. The maximum absolute atomic E-state index is 10.1. The number of rotatable bonds is 5. The highest BCUT2D eigenvalue weighted by atomic mass is 16.5. The summed E-state index contributed by atoms with van der Waals surface area (Å²) < 4.78 is 7.24. The van der Waals surface area contributed by atoms with Crippen LogP contribution in [0.5, 0.6) is 5.75 Å². The van der Waals surface area contributed by atoms with Gasteiger partial charge in [0.15, 0.2) is 11.5 Å². The topological polar surface area (TPSA) is 99.1 Å². The predicted octanol–water partition coefficient (Wildman–Crippen LogP) is 0.848. The minimum Gasteiger partial charge on any atom is -0.491 e. The zero-order chi connectivity index (χ0) is 14.7. The van der Waals surface area contributed by atoms with Crippen LogP contribution < -0.4 is 10.5 Å². The smallest absolute Gasteiger partial charge is 0.165 e. The van der Waals surface area contributed by atoms with E-state index in [1.807, 2.05) is 30.3 Å². The maximum atomic E-state index is 10.1. The molecule has 0 amide bonds. The van der Waals surface area contributed by atoms with Crippen LogP contribution in [-0.2, 0) is 6.54 Å². The van der Waals surface area contributed by atoms with Gasteiger partial charge in [-0.2, -0.15) is 0 Å². The molecule has 0 aliphatic rings. The second-order valence-corrected chi connectivity index (χ2v) is 4.61. The molecule has 0 saturated heterocycles. The van der Waals surface area contributed by atoms with Crippen molar-refractivity contribution in [3.05, 3.63) is 43.0 Å². The molecule has 0 saturated carbocycles. The number of para-hydroxylation sites is 1. The van der Waals surface area contributed by atoms with E-state index >= 15 is 0 Å². The Morgan fingerprint density at radius 2 is 2.00 bits per heavy atom. The van der Waals surface area contributed by atoms with Crippen molar-refractivity contribution < 1.29 is 9.84 Å². The predicted molar refractivity (Wildman–Crippen MR) is 77.7 cm³/mol. The van der Waals surface area contributed by atoms with E-state index in [4.69, 9.17) is 10.5 Å². The molecule has 7 nitrogen and oxygen atoms in total. The van der Waals surface area contributed by atoms with Gasteiger partial charge in [-0.05, 0) is 12.1 Å². The molecule has 0 spiro atoms. The molecule has 108 valence electrons. The quantitative estimate of drug-likeness (QED) is 0.721. The molecule has 1 unspecified atom stereocenters. The lowest BCUT2D eigenvalue weighted by atomic mass is 10.3. The van der Waals surface area contributed by atoms with Crippen LogP contribution >= 0.6 is 0 Å². The summed E-state index contributed by atoms with van der Waals surface area (Å²) in [7, 11) is 0. The van der Waals surface area contributed by atoms with E-state index in [0.717, 1.165) is 5.75 Å². The molecule has 3 rings (SSSR count). The Balaban J connectivity index is 1.66. The number of anilines is 1. The van der Waals surface area contributed by atoms with Crippen molar-refractivity contribution in [1.29, 1.82) is 0 Å². The van der Waals surface area contributed by atoms with Crippen LogP contribution in [0.4, 0.5) is 5.82 Å². The summed E-state index contributed by atoms with van der Waals surface area (Å²) in [6.45, 7) is 0.504. The fraction of sp³-hybridized carbons (Fsp3) is 0.214. The van der Waals surface area contributed by atoms with E-state index in [1.165, 1.54) is 6.33 Å². The number of ether oxygens (including phenoxy) is 1. The highest BCUT2D eigenvalue weighted by Gasteiger charge is 2.12. The van der Waals surface area contributed by atoms with E-state index < -0.39 is 6.10 Å². The van der Waals surface area contributed by atoms with Gasteiger partial charge >= 0.3 is 0 Å². The molecule has 7 heteroatoms. The molecule has 1 atom stereocenters. The standard InChI is InChI=1S/C14H15N5O2/c15-13-12-14(17-8-16-13)19(9-18-12)6-10(20)7-21-11-4-2-1-3-5-11/h1-5,8-10,20H,6-7H2,(H2,15,16,17). The number of hydrogen-bond donors (Lipinski definition) is 2. The second kappa shape index (κ2) is 5.76. The zero-order valence-corrected chi connectivity index (χ0v) is 11.3. The van der Waals surface area contributed by atoms with Gasteiger partial charge < -0.3 is 20.1 Å². The number of nitrogens with zero attached hydrogens (tertiary/aromatic N) is 4.